The number of hydrogen-bond acceptors (Lipinski definition) is 5. The minimum atomic E-state index is -3.84. The second-order valence-corrected chi connectivity index (χ2v) is 11.6. The standard InChI is InChI=1S/C19H30N4O5S2/c1-16(2)18(20-29(25,26)17-8-4-3-5-9-17)19(24)21-12-14-23(15-13-21)30(27,28)22-10-6-7-11-22/h3-5,8-9,16,18,20H,6-7,10-15H2,1-2H3/t18-/m0/s1. The van der Waals surface area contributed by atoms with Crippen LogP contribution in [0.2, 0.25) is 0 Å². The SMILES string of the molecule is CC(C)[C@H](NS(=O)(=O)c1ccccc1)C(=O)N1CCN(S(=O)(=O)N2CCCC2)CC1. The molecule has 9 nitrogen and oxygen atoms in total. The molecule has 1 atom stereocenters. The van der Waals surface area contributed by atoms with Crippen molar-refractivity contribution in [2.45, 2.75) is 37.6 Å². The molecule has 0 bridgehead atoms. The van der Waals surface area contributed by atoms with Crippen LogP contribution in [0.3, 0.4) is 0 Å². The Morgan fingerprint density at radius 2 is 1.40 bits per heavy atom. The smallest absolute Gasteiger partial charge is 0.282 e. The fourth-order valence-corrected chi connectivity index (χ4v) is 6.75. The van der Waals surface area contributed by atoms with Gasteiger partial charge in [0.1, 0.15) is 6.04 Å². The van der Waals surface area contributed by atoms with Crippen molar-refractivity contribution < 1.29 is 21.6 Å². The van der Waals surface area contributed by atoms with E-state index in [2.05, 4.69) is 4.72 Å². The number of carbonyl (C=O) groups is 1. The van der Waals surface area contributed by atoms with Crippen molar-refractivity contribution in [3.8, 4) is 0 Å². The Hall–Kier alpha value is -1.53. The molecule has 0 aliphatic carbocycles. The summed E-state index contributed by atoms with van der Waals surface area (Å²) in [6.07, 6.45) is 1.74. The Morgan fingerprint density at radius 1 is 0.867 bits per heavy atom. The predicted octanol–water partition coefficient (Wildman–Crippen LogP) is 0.474. The van der Waals surface area contributed by atoms with E-state index in [4.69, 9.17) is 0 Å². The first-order valence-corrected chi connectivity index (χ1v) is 13.1. The van der Waals surface area contributed by atoms with E-state index in [-0.39, 0.29) is 42.9 Å². The molecule has 1 N–H and O–H groups in total. The van der Waals surface area contributed by atoms with Gasteiger partial charge in [-0.15, -0.1) is 0 Å². The normalized spacial score (nSPS) is 20.6. The molecule has 30 heavy (non-hydrogen) atoms. The van der Waals surface area contributed by atoms with E-state index in [1.54, 1.807) is 36.9 Å². The van der Waals surface area contributed by atoms with Gasteiger partial charge in [-0.3, -0.25) is 4.79 Å². The number of rotatable bonds is 7. The fraction of sp³-hybridized carbons (Fsp3) is 0.632. The number of sulfonamides is 1. The molecule has 0 radical (unpaired) electrons. The summed E-state index contributed by atoms with van der Waals surface area (Å²) < 4.78 is 56.2. The molecule has 2 aliphatic heterocycles. The summed E-state index contributed by atoms with van der Waals surface area (Å²) in [5.74, 6) is -0.593. The molecule has 2 saturated heterocycles. The van der Waals surface area contributed by atoms with Gasteiger partial charge in [0.2, 0.25) is 15.9 Å². The third kappa shape index (κ3) is 5.02. The molecule has 3 rings (SSSR count). The van der Waals surface area contributed by atoms with E-state index in [9.17, 15) is 21.6 Å². The lowest BCUT2D eigenvalue weighted by molar-refractivity contribution is -0.135. The maximum absolute atomic E-state index is 13.1. The first-order valence-electron chi connectivity index (χ1n) is 10.2. The molecule has 2 aliphatic rings. The average Bonchev–Trinajstić information content (AvgIpc) is 3.28. The van der Waals surface area contributed by atoms with E-state index in [1.165, 1.54) is 20.7 Å². The second kappa shape index (κ2) is 9.31. The first-order chi connectivity index (χ1) is 14.1. The van der Waals surface area contributed by atoms with Gasteiger partial charge < -0.3 is 4.90 Å². The molecular weight excluding hydrogens is 428 g/mol. The van der Waals surface area contributed by atoms with Crippen molar-refractivity contribution in [1.29, 1.82) is 0 Å². The molecule has 168 valence electrons. The van der Waals surface area contributed by atoms with Crippen molar-refractivity contribution in [3.05, 3.63) is 30.3 Å². The van der Waals surface area contributed by atoms with Gasteiger partial charge in [-0.1, -0.05) is 32.0 Å². The van der Waals surface area contributed by atoms with Crippen LogP contribution in [-0.2, 0) is 25.0 Å². The summed E-state index contributed by atoms with van der Waals surface area (Å²) in [6, 6.07) is 7.01. The number of nitrogens with one attached hydrogen (secondary N) is 1. The molecule has 0 spiro atoms. The molecule has 0 unspecified atom stereocenters. The van der Waals surface area contributed by atoms with Crippen LogP contribution in [-0.4, -0.2) is 81.6 Å². The summed E-state index contributed by atoms with van der Waals surface area (Å²) in [6.45, 7) is 5.54. The van der Waals surface area contributed by atoms with Crippen LogP contribution in [0.15, 0.2) is 35.2 Å². The Bertz CT molecular complexity index is 936. The van der Waals surface area contributed by atoms with Crippen molar-refractivity contribution in [2.24, 2.45) is 5.92 Å². The summed E-state index contributed by atoms with van der Waals surface area (Å²) in [5.41, 5.74) is 0. The minimum absolute atomic E-state index is 0.102. The molecule has 2 fully saturated rings. The second-order valence-electron chi connectivity index (χ2n) is 7.99. The first kappa shape index (κ1) is 23.1. The van der Waals surface area contributed by atoms with E-state index in [0.29, 0.717) is 13.1 Å². The van der Waals surface area contributed by atoms with Crippen LogP contribution < -0.4 is 4.72 Å². The molecular formula is C19H30N4O5S2. The van der Waals surface area contributed by atoms with Gasteiger partial charge >= 0.3 is 0 Å². The van der Waals surface area contributed by atoms with Gasteiger partial charge in [-0.05, 0) is 30.9 Å². The molecule has 11 heteroatoms. The van der Waals surface area contributed by atoms with E-state index in [1.807, 2.05) is 0 Å². The van der Waals surface area contributed by atoms with Crippen LogP contribution in [0, 0.1) is 5.92 Å². The lowest BCUT2D eigenvalue weighted by atomic mass is 10.0. The lowest BCUT2D eigenvalue weighted by Crippen LogP contribution is -2.58. The molecule has 1 aromatic carbocycles. The maximum Gasteiger partial charge on any atom is 0.282 e. The average molecular weight is 459 g/mol. The van der Waals surface area contributed by atoms with Crippen molar-refractivity contribution in [1.82, 2.24) is 18.2 Å². The van der Waals surface area contributed by atoms with Gasteiger partial charge in [0.15, 0.2) is 0 Å². The largest absolute Gasteiger partial charge is 0.339 e. The summed E-state index contributed by atoms with van der Waals surface area (Å²) in [4.78, 5) is 14.7. The number of carbonyl (C=O) groups excluding carboxylic acids is 1. The zero-order valence-corrected chi connectivity index (χ0v) is 19.0. The fourth-order valence-electron chi connectivity index (χ4n) is 3.72. The highest BCUT2D eigenvalue weighted by molar-refractivity contribution is 7.89. The number of piperazine rings is 1. The number of hydrogen-bond donors (Lipinski definition) is 1. The third-order valence-electron chi connectivity index (χ3n) is 5.54. The predicted molar refractivity (Wildman–Crippen MR) is 113 cm³/mol. The topological polar surface area (TPSA) is 107 Å². The highest BCUT2D eigenvalue weighted by Gasteiger charge is 2.37. The molecule has 2 heterocycles. The monoisotopic (exact) mass is 458 g/mol. The van der Waals surface area contributed by atoms with Gasteiger partial charge in [0, 0.05) is 39.3 Å². The summed E-state index contributed by atoms with van der Waals surface area (Å²) in [5, 5.41) is 0. The Labute approximate surface area is 179 Å². The van der Waals surface area contributed by atoms with E-state index >= 15 is 0 Å². The van der Waals surface area contributed by atoms with Gasteiger partial charge in [0.25, 0.3) is 10.2 Å². The zero-order chi connectivity index (χ0) is 21.9. The summed E-state index contributed by atoms with van der Waals surface area (Å²) >= 11 is 0. The van der Waals surface area contributed by atoms with E-state index in [0.717, 1.165) is 12.8 Å². The number of nitrogens with zero attached hydrogens (tertiary/aromatic N) is 3. The van der Waals surface area contributed by atoms with Crippen molar-refractivity contribution in [2.75, 3.05) is 39.3 Å². The maximum atomic E-state index is 13.1. The number of benzene rings is 1. The minimum Gasteiger partial charge on any atom is -0.339 e. The van der Waals surface area contributed by atoms with Crippen LogP contribution in [0.5, 0.6) is 0 Å². The van der Waals surface area contributed by atoms with Crippen molar-refractivity contribution in [3.63, 3.8) is 0 Å². The van der Waals surface area contributed by atoms with Crippen LogP contribution in [0.1, 0.15) is 26.7 Å². The van der Waals surface area contributed by atoms with E-state index < -0.39 is 26.3 Å². The molecule has 1 amide bonds. The Balaban J connectivity index is 1.66. The van der Waals surface area contributed by atoms with Crippen LogP contribution in [0.4, 0.5) is 0 Å². The zero-order valence-electron chi connectivity index (χ0n) is 17.4. The quantitative estimate of drug-likeness (QED) is 0.639. The molecule has 0 saturated carbocycles. The summed E-state index contributed by atoms with van der Waals surface area (Å²) in [7, 11) is -7.34. The Morgan fingerprint density at radius 3 is 1.93 bits per heavy atom. The highest BCUT2D eigenvalue weighted by atomic mass is 32.2. The highest BCUT2D eigenvalue weighted by Crippen LogP contribution is 2.19. The lowest BCUT2D eigenvalue weighted by Gasteiger charge is -2.37. The molecule has 0 aromatic heterocycles. The van der Waals surface area contributed by atoms with Crippen LogP contribution in [0.25, 0.3) is 0 Å². The van der Waals surface area contributed by atoms with Gasteiger partial charge in [0.05, 0.1) is 4.90 Å². The third-order valence-corrected chi connectivity index (χ3v) is 9.03. The Kier molecular flexibility index (Phi) is 7.18. The van der Waals surface area contributed by atoms with Crippen molar-refractivity contribution >= 4 is 26.1 Å². The number of amides is 1. The van der Waals surface area contributed by atoms with Gasteiger partial charge in [-0.25, -0.2) is 8.42 Å². The molecule has 1 aromatic rings. The van der Waals surface area contributed by atoms with Gasteiger partial charge in [-0.2, -0.15) is 21.8 Å². The van der Waals surface area contributed by atoms with Crippen LogP contribution >= 0.6 is 0 Å².